The van der Waals surface area contributed by atoms with E-state index in [1.165, 1.54) is 12.1 Å². The summed E-state index contributed by atoms with van der Waals surface area (Å²) in [6, 6.07) is 17.8. The van der Waals surface area contributed by atoms with Crippen LogP contribution in [0.1, 0.15) is 63.1 Å². The first-order valence-corrected chi connectivity index (χ1v) is 13.0. The summed E-state index contributed by atoms with van der Waals surface area (Å²) in [4.78, 5) is 50.2. The number of rotatable bonds is 5. The van der Waals surface area contributed by atoms with Crippen LogP contribution in [0.2, 0.25) is 5.02 Å². The van der Waals surface area contributed by atoms with Gasteiger partial charge < -0.3 is 4.98 Å². The lowest BCUT2D eigenvalue weighted by atomic mass is 9.70. The van der Waals surface area contributed by atoms with Crippen molar-refractivity contribution in [2.75, 3.05) is 0 Å². The molecule has 2 heterocycles. The van der Waals surface area contributed by atoms with Crippen LogP contribution in [0, 0.1) is 17.7 Å². The van der Waals surface area contributed by atoms with Crippen molar-refractivity contribution in [1.82, 2.24) is 15.3 Å². The quantitative estimate of drug-likeness (QED) is 0.253. The Morgan fingerprint density at radius 3 is 2.32 bits per heavy atom. The molecule has 1 aromatic heterocycles. The second-order valence-corrected chi connectivity index (χ2v) is 10.9. The van der Waals surface area contributed by atoms with Crippen LogP contribution in [0.15, 0.2) is 66.7 Å². The number of carbonyl (C=O) groups is 3. The van der Waals surface area contributed by atoms with Gasteiger partial charge in [0.2, 0.25) is 5.78 Å². The third-order valence-electron chi connectivity index (χ3n) is 7.76. The number of carbonyl (C=O) groups excluding carboxylic acids is 3. The molecule has 2 N–H and O–H groups in total. The molecule has 0 radical (unpaired) electrons. The molecule has 6 rings (SSSR count). The Kier molecular flexibility index (Phi) is 5.81. The molecule has 2 aliphatic rings. The van der Waals surface area contributed by atoms with Gasteiger partial charge in [-0.3, -0.25) is 19.7 Å². The Bertz CT molecular complexity index is 1560. The van der Waals surface area contributed by atoms with Gasteiger partial charge in [0.05, 0.1) is 22.0 Å². The van der Waals surface area contributed by atoms with Gasteiger partial charge in [0.15, 0.2) is 22.9 Å². The summed E-state index contributed by atoms with van der Waals surface area (Å²) in [6.45, 7) is 4.05. The van der Waals surface area contributed by atoms with E-state index in [1.807, 2.05) is 26.0 Å². The van der Waals surface area contributed by atoms with Gasteiger partial charge in [-0.2, -0.15) is 0 Å². The Morgan fingerprint density at radius 2 is 1.68 bits per heavy atom. The Labute approximate surface area is 223 Å². The van der Waals surface area contributed by atoms with Crippen molar-refractivity contribution in [3.05, 3.63) is 100 Å². The van der Waals surface area contributed by atoms with E-state index in [2.05, 4.69) is 15.3 Å². The van der Waals surface area contributed by atoms with Gasteiger partial charge in [-0.15, -0.1) is 0 Å². The molecule has 4 aromatic rings. The molecule has 3 unspecified atom stereocenters. The summed E-state index contributed by atoms with van der Waals surface area (Å²) in [7, 11) is 0. The van der Waals surface area contributed by atoms with Crippen molar-refractivity contribution in [2.24, 2.45) is 11.8 Å². The molecule has 1 aliphatic carbocycles. The molecule has 3 atom stereocenters. The number of hydrogen-bond acceptors (Lipinski definition) is 5. The number of halogens is 2. The number of nitrogens with zero attached hydrogens (tertiary/aromatic N) is 1. The maximum atomic E-state index is 14.8. The minimum absolute atomic E-state index is 0.0459. The highest BCUT2D eigenvalue weighted by molar-refractivity contribution is 6.35. The Hall–Kier alpha value is -3.68. The predicted molar refractivity (Wildman–Crippen MR) is 142 cm³/mol. The average Bonchev–Trinajstić information content (AvgIpc) is 3.54. The maximum Gasteiger partial charge on any atom is 0.204 e. The fourth-order valence-corrected chi connectivity index (χ4v) is 6.35. The Morgan fingerprint density at radius 1 is 1.03 bits per heavy atom. The van der Waals surface area contributed by atoms with Crippen molar-refractivity contribution in [3.8, 4) is 0 Å². The molecule has 6 nitrogen and oxygen atoms in total. The number of aromatic nitrogens is 2. The van der Waals surface area contributed by atoms with E-state index in [0.717, 1.165) is 0 Å². The number of H-pyrrole nitrogens is 1. The van der Waals surface area contributed by atoms with Crippen LogP contribution < -0.4 is 5.32 Å². The number of hydrogen-bond donors (Lipinski definition) is 2. The number of benzene rings is 3. The number of aromatic amines is 1. The average molecular weight is 530 g/mol. The second kappa shape index (κ2) is 8.96. The van der Waals surface area contributed by atoms with Crippen LogP contribution in [0.25, 0.3) is 11.0 Å². The van der Waals surface area contributed by atoms with E-state index in [0.29, 0.717) is 23.0 Å². The van der Waals surface area contributed by atoms with Gasteiger partial charge in [-0.1, -0.05) is 67.9 Å². The van der Waals surface area contributed by atoms with Crippen LogP contribution >= 0.6 is 11.6 Å². The summed E-state index contributed by atoms with van der Waals surface area (Å²) < 4.78 is 14.8. The van der Waals surface area contributed by atoms with Gasteiger partial charge >= 0.3 is 0 Å². The second-order valence-electron chi connectivity index (χ2n) is 10.5. The number of Topliss-reactive ketones (excluding diaryl/α,β-unsaturated/α-hetero) is 3. The zero-order valence-electron chi connectivity index (χ0n) is 20.8. The van der Waals surface area contributed by atoms with Crippen LogP contribution in [-0.4, -0.2) is 38.9 Å². The largest absolute Gasteiger partial charge is 0.335 e. The predicted octanol–water partition coefficient (Wildman–Crippen LogP) is 5.77. The first-order chi connectivity index (χ1) is 18.2. The first kappa shape index (κ1) is 24.6. The van der Waals surface area contributed by atoms with Gasteiger partial charge in [0, 0.05) is 23.1 Å². The van der Waals surface area contributed by atoms with E-state index in [1.54, 1.807) is 42.5 Å². The molecule has 3 aromatic carbocycles. The van der Waals surface area contributed by atoms with Gasteiger partial charge in [0.1, 0.15) is 5.82 Å². The minimum atomic E-state index is -1.83. The molecule has 0 bridgehead atoms. The molecule has 0 amide bonds. The Balaban J connectivity index is 1.59. The number of ketones is 3. The van der Waals surface area contributed by atoms with Crippen LogP contribution in [0.4, 0.5) is 4.39 Å². The van der Waals surface area contributed by atoms with Crippen LogP contribution in [-0.2, 0) is 0 Å². The first-order valence-electron chi connectivity index (χ1n) is 12.6. The molecule has 1 saturated heterocycles. The van der Waals surface area contributed by atoms with Gasteiger partial charge in [0.25, 0.3) is 0 Å². The normalized spacial score (nSPS) is 22.1. The SMILES string of the molecule is CC(C)CC1NC2(C(=O)c3ccccc3C2=O)C(C(=O)c2nc3ccccc3[nH]2)C1c1ccc(Cl)c(F)c1. The molecule has 1 fully saturated rings. The lowest BCUT2D eigenvalue weighted by Gasteiger charge is -2.29. The smallest absolute Gasteiger partial charge is 0.204 e. The number of fused-ring (bicyclic) bond motifs is 2. The highest BCUT2D eigenvalue weighted by Crippen LogP contribution is 2.51. The molecule has 1 aliphatic heterocycles. The standard InChI is InChI=1S/C30H25ClFN3O3/c1-15(2)13-23-24(16-11-12-19(31)20(32)14-16)25(26(36)29-33-21-9-5-6-10-22(21)34-29)30(35-23)27(37)17-7-3-4-8-18(17)28(30)38/h3-12,14-15,23-25,35H,13H2,1-2H3,(H,33,34). The van der Waals surface area contributed by atoms with Gasteiger partial charge in [-0.05, 0) is 42.2 Å². The topological polar surface area (TPSA) is 91.9 Å². The third kappa shape index (κ3) is 3.56. The maximum absolute atomic E-state index is 14.8. The van der Waals surface area contributed by atoms with Crippen LogP contribution in [0.3, 0.4) is 0 Å². The fourth-order valence-electron chi connectivity index (χ4n) is 6.23. The van der Waals surface area contributed by atoms with Crippen molar-refractivity contribution in [3.63, 3.8) is 0 Å². The molecular formula is C30H25ClFN3O3. The zero-order chi connectivity index (χ0) is 26.8. The summed E-state index contributed by atoms with van der Waals surface area (Å²) in [5.74, 6) is -3.63. The number of para-hydroxylation sites is 2. The van der Waals surface area contributed by atoms with E-state index in [-0.39, 0.29) is 27.9 Å². The number of nitrogens with one attached hydrogen (secondary N) is 2. The lowest BCUT2D eigenvalue weighted by Crippen LogP contribution is -2.58. The van der Waals surface area contributed by atoms with Crippen molar-refractivity contribution < 1.29 is 18.8 Å². The van der Waals surface area contributed by atoms with Crippen molar-refractivity contribution in [1.29, 1.82) is 0 Å². The summed E-state index contributed by atoms with van der Waals surface area (Å²) in [5, 5.41) is 3.30. The highest BCUT2D eigenvalue weighted by Gasteiger charge is 2.67. The summed E-state index contributed by atoms with van der Waals surface area (Å²) >= 11 is 6.00. The molecule has 192 valence electrons. The van der Waals surface area contributed by atoms with E-state index >= 15 is 0 Å². The molecule has 38 heavy (non-hydrogen) atoms. The fraction of sp³-hybridized carbons (Fsp3) is 0.267. The molecule has 8 heteroatoms. The van der Waals surface area contributed by atoms with Crippen molar-refractivity contribution in [2.45, 2.75) is 37.8 Å². The lowest BCUT2D eigenvalue weighted by molar-refractivity contribution is 0.0652. The van der Waals surface area contributed by atoms with Crippen LogP contribution in [0.5, 0.6) is 0 Å². The third-order valence-corrected chi connectivity index (χ3v) is 8.07. The molecular weight excluding hydrogens is 505 g/mol. The highest BCUT2D eigenvalue weighted by atomic mass is 35.5. The molecule has 0 saturated carbocycles. The zero-order valence-corrected chi connectivity index (χ0v) is 21.6. The summed E-state index contributed by atoms with van der Waals surface area (Å²) in [6.07, 6.45) is 0.553. The number of imidazole rings is 1. The van der Waals surface area contributed by atoms with E-state index in [9.17, 15) is 18.8 Å². The van der Waals surface area contributed by atoms with E-state index < -0.39 is 46.6 Å². The van der Waals surface area contributed by atoms with Crippen molar-refractivity contribution >= 4 is 40.0 Å². The van der Waals surface area contributed by atoms with Gasteiger partial charge in [-0.25, -0.2) is 9.37 Å². The molecule has 1 spiro atoms. The monoisotopic (exact) mass is 529 g/mol. The summed E-state index contributed by atoms with van der Waals surface area (Å²) in [5.41, 5.74) is 0.470. The van der Waals surface area contributed by atoms with E-state index in [4.69, 9.17) is 11.6 Å². The minimum Gasteiger partial charge on any atom is -0.335 e.